The van der Waals surface area contributed by atoms with Crippen molar-refractivity contribution in [2.45, 2.75) is 37.7 Å². The van der Waals surface area contributed by atoms with Gasteiger partial charge in [0, 0.05) is 10.9 Å². The van der Waals surface area contributed by atoms with Crippen molar-refractivity contribution >= 4 is 11.6 Å². The van der Waals surface area contributed by atoms with Gasteiger partial charge in [-0.2, -0.15) is 0 Å². The Morgan fingerprint density at radius 2 is 2.00 bits per heavy atom. The Labute approximate surface area is 93.9 Å². The molecule has 3 heteroatoms. The van der Waals surface area contributed by atoms with Crippen LogP contribution in [0.2, 0.25) is 5.02 Å². The molecule has 1 saturated carbocycles. The quantitative estimate of drug-likeness (QED) is 0.780. The highest BCUT2D eigenvalue weighted by molar-refractivity contribution is 6.30. The first-order valence-corrected chi connectivity index (χ1v) is 5.69. The molecular formula is C12H14ClFO. The summed E-state index contributed by atoms with van der Waals surface area (Å²) in [6.45, 7) is 0. The first kappa shape index (κ1) is 10.9. The van der Waals surface area contributed by atoms with Gasteiger partial charge in [-0.05, 0) is 30.5 Å². The van der Waals surface area contributed by atoms with Gasteiger partial charge in [0.2, 0.25) is 0 Å². The van der Waals surface area contributed by atoms with Gasteiger partial charge < -0.3 is 5.11 Å². The van der Waals surface area contributed by atoms with Crippen molar-refractivity contribution in [3.05, 3.63) is 34.6 Å². The molecule has 2 unspecified atom stereocenters. The van der Waals surface area contributed by atoms with Gasteiger partial charge in [-0.1, -0.05) is 30.5 Å². The van der Waals surface area contributed by atoms with Crippen LogP contribution >= 0.6 is 11.6 Å². The third-order valence-corrected chi connectivity index (χ3v) is 3.33. The molecule has 0 heterocycles. The van der Waals surface area contributed by atoms with Crippen LogP contribution in [-0.2, 0) is 0 Å². The molecule has 0 saturated heterocycles. The topological polar surface area (TPSA) is 20.2 Å². The van der Waals surface area contributed by atoms with Crippen molar-refractivity contribution in [3.63, 3.8) is 0 Å². The van der Waals surface area contributed by atoms with Crippen molar-refractivity contribution in [3.8, 4) is 0 Å². The zero-order valence-electron chi connectivity index (χ0n) is 8.42. The zero-order chi connectivity index (χ0) is 10.8. The molecule has 0 radical (unpaired) electrons. The van der Waals surface area contributed by atoms with Crippen LogP contribution in [0, 0.1) is 5.82 Å². The van der Waals surface area contributed by atoms with E-state index >= 15 is 0 Å². The Morgan fingerprint density at radius 1 is 1.27 bits per heavy atom. The second-order valence-electron chi connectivity index (χ2n) is 4.12. The first-order chi connectivity index (χ1) is 7.18. The Kier molecular flexibility index (Phi) is 3.27. The average molecular weight is 229 g/mol. The summed E-state index contributed by atoms with van der Waals surface area (Å²) in [6, 6.07) is 4.69. The molecule has 1 nitrogen and oxygen atoms in total. The maximum Gasteiger partial charge on any atom is 0.128 e. The fourth-order valence-electron chi connectivity index (χ4n) is 2.28. The first-order valence-electron chi connectivity index (χ1n) is 5.31. The van der Waals surface area contributed by atoms with E-state index in [4.69, 9.17) is 11.6 Å². The van der Waals surface area contributed by atoms with E-state index in [1.807, 2.05) is 0 Å². The molecule has 82 valence electrons. The monoisotopic (exact) mass is 228 g/mol. The van der Waals surface area contributed by atoms with Crippen molar-refractivity contribution in [2.75, 3.05) is 0 Å². The molecule has 15 heavy (non-hydrogen) atoms. The molecule has 2 atom stereocenters. The smallest absolute Gasteiger partial charge is 0.128 e. The van der Waals surface area contributed by atoms with Crippen molar-refractivity contribution < 1.29 is 9.50 Å². The van der Waals surface area contributed by atoms with Crippen LogP contribution in [0.1, 0.15) is 37.2 Å². The number of hydrogen-bond acceptors (Lipinski definition) is 1. The molecule has 0 aromatic heterocycles. The minimum atomic E-state index is -0.408. The van der Waals surface area contributed by atoms with Gasteiger partial charge in [-0.25, -0.2) is 4.39 Å². The van der Waals surface area contributed by atoms with Gasteiger partial charge in [-0.3, -0.25) is 0 Å². The van der Waals surface area contributed by atoms with Gasteiger partial charge in [0.05, 0.1) is 6.10 Å². The molecule has 1 aromatic rings. The largest absolute Gasteiger partial charge is 0.392 e. The summed E-state index contributed by atoms with van der Waals surface area (Å²) in [7, 11) is 0. The lowest BCUT2D eigenvalue weighted by molar-refractivity contribution is 0.104. The van der Waals surface area contributed by atoms with Gasteiger partial charge in [-0.15, -0.1) is 0 Å². The predicted molar refractivity (Wildman–Crippen MR) is 58.6 cm³/mol. The summed E-state index contributed by atoms with van der Waals surface area (Å²) in [5.41, 5.74) is 0.603. The maximum atomic E-state index is 13.6. The molecule has 1 aromatic carbocycles. The van der Waals surface area contributed by atoms with E-state index in [2.05, 4.69) is 0 Å². The Morgan fingerprint density at radius 3 is 2.67 bits per heavy atom. The summed E-state index contributed by atoms with van der Waals surface area (Å²) < 4.78 is 13.6. The van der Waals surface area contributed by atoms with Crippen LogP contribution in [0.3, 0.4) is 0 Å². The maximum absolute atomic E-state index is 13.6. The van der Waals surface area contributed by atoms with Crippen molar-refractivity contribution in [2.24, 2.45) is 0 Å². The van der Waals surface area contributed by atoms with Crippen molar-refractivity contribution in [1.82, 2.24) is 0 Å². The molecule has 1 aliphatic rings. The highest BCUT2D eigenvalue weighted by Gasteiger charge is 2.26. The third-order valence-electron chi connectivity index (χ3n) is 3.09. The van der Waals surface area contributed by atoms with E-state index in [-0.39, 0.29) is 11.7 Å². The fourth-order valence-corrected chi connectivity index (χ4v) is 2.44. The summed E-state index contributed by atoms with van der Waals surface area (Å²) >= 11 is 5.69. The summed E-state index contributed by atoms with van der Waals surface area (Å²) in [6.07, 6.45) is 3.32. The molecule has 2 rings (SSSR count). The van der Waals surface area contributed by atoms with Crippen LogP contribution in [0.4, 0.5) is 4.39 Å². The average Bonchev–Trinajstić information content (AvgIpc) is 2.20. The van der Waals surface area contributed by atoms with Crippen LogP contribution in [0.25, 0.3) is 0 Å². The molecule has 0 spiro atoms. The van der Waals surface area contributed by atoms with Crippen LogP contribution in [-0.4, -0.2) is 11.2 Å². The summed E-state index contributed by atoms with van der Waals surface area (Å²) in [5, 5.41) is 10.2. The number of aliphatic hydroxyl groups excluding tert-OH is 1. The highest BCUT2D eigenvalue weighted by atomic mass is 35.5. The van der Waals surface area contributed by atoms with Gasteiger partial charge in [0.25, 0.3) is 0 Å². The summed E-state index contributed by atoms with van der Waals surface area (Å²) in [5.74, 6) is -0.357. The third kappa shape index (κ3) is 2.32. The minimum absolute atomic E-state index is 0.0592. The highest BCUT2D eigenvalue weighted by Crippen LogP contribution is 2.34. The Hall–Kier alpha value is -0.600. The van der Waals surface area contributed by atoms with Gasteiger partial charge >= 0.3 is 0 Å². The number of halogens is 2. The normalized spacial score (nSPS) is 26.6. The minimum Gasteiger partial charge on any atom is -0.392 e. The predicted octanol–water partition coefficient (Wildman–Crippen LogP) is 3.50. The standard InChI is InChI=1S/C12H14ClFO/c13-8-5-6-9(11(14)7-8)10-3-1-2-4-12(10)15/h5-7,10,12,15H,1-4H2. The fraction of sp³-hybridized carbons (Fsp3) is 0.500. The zero-order valence-corrected chi connectivity index (χ0v) is 9.17. The Balaban J connectivity index is 2.27. The molecular weight excluding hydrogens is 215 g/mol. The number of benzene rings is 1. The van der Waals surface area contributed by atoms with E-state index in [1.165, 1.54) is 6.07 Å². The van der Waals surface area contributed by atoms with E-state index in [9.17, 15) is 9.50 Å². The van der Waals surface area contributed by atoms with Gasteiger partial charge in [0.15, 0.2) is 0 Å². The lowest BCUT2D eigenvalue weighted by Crippen LogP contribution is -2.23. The van der Waals surface area contributed by atoms with E-state index in [1.54, 1.807) is 12.1 Å². The number of rotatable bonds is 1. The molecule has 1 fully saturated rings. The lowest BCUT2D eigenvalue weighted by atomic mass is 9.81. The number of aliphatic hydroxyl groups is 1. The van der Waals surface area contributed by atoms with Crippen LogP contribution < -0.4 is 0 Å². The molecule has 1 N–H and O–H groups in total. The Bertz CT molecular complexity index is 353. The molecule has 1 aliphatic carbocycles. The second kappa shape index (κ2) is 4.50. The van der Waals surface area contributed by atoms with Crippen LogP contribution in [0.15, 0.2) is 18.2 Å². The SMILES string of the molecule is OC1CCCCC1c1ccc(Cl)cc1F. The van der Waals surface area contributed by atoms with Gasteiger partial charge in [0.1, 0.15) is 5.82 Å². The van der Waals surface area contributed by atoms with E-state index in [0.717, 1.165) is 25.7 Å². The molecule has 0 aliphatic heterocycles. The lowest BCUT2D eigenvalue weighted by Gasteiger charge is -2.28. The molecule has 0 bridgehead atoms. The van der Waals surface area contributed by atoms with E-state index in [0.29, 0.717) is 10.6 Å². The summed E-state index contributed by atoms with van der Waals surface area (Å²) in [4.78, 5) is 0. The van der Waals surface area contributed by atoms with E-state index < -0.39 is 6.10 Å². The molecule has 0 amide bonds. The second-order valence-corrected chi connectivity index (χ2v) is 4.56. The van der Waals surface area contributed by atoms with Crippen LogP contribution in [0.5, 0.6) is 0 Å². The number of hydrogen-bond donors (Lipinski definition) is 1. The van der Waals surface area contributed by atoms with Crippen molar-refractivity contribution in [1.29, 1.82) is 0 Å².